The fourth-order valence-electron chi connectivity index (χ4n) is 3.98. The Labute approximate surface area is 197 Å². The van der Waals surface area contributed by atoms with Crippen LogP contribution in [0.4, 0.5) is 5.82 Å². The molecule has 4 aromatic rings. The summed E-state index contributed by atoms with van der Waals surface area (Å²) in [4.78, 5) is 12.4. The number of hydrogen-bond acceptors (Lipinski definition) is 10. The number of nitrogens with zero attached hydrogens (tertiary/aromatic N) is 5. The second-order valence-corrected chi connectivity index (χ2v) is 8.07. The Balaban J connectivity index is 1.39. The van der Waals surface area contributed by atoms with Gasteiger partial charge in [-0.2, -0.15) is 5.26 Å². The fraction of sp³-hybridized carbons (Fsp3) is 0.273. The van der Waals surface area contributed by atoms with Crippen LogP contribution in [0.3, 0.4) is 0 Å². The molecule has 0 amide bonds. The first kappa shape index (κ1) is 22.1. The van der Waals surface area contributed by atoms with E-state index in [9.17, 15) is 10.2 Å². The molecule has 4 heterocycles. The summed E-state index contributed by atoms with van der Waals surface area (Å²) >= 11 is 6.30. The third-order valence-electron chi connectivity index (χ3n) is 5.76. The summed E-state index contributed by atoms with van der Waals surface area (Å²) < 4.78 is 18.8. The van der Waals surface area contributed by atoms with Gasteiger partial charge in [-0.15, -0.1) is 0 Å². The number of fused-ring (bicyclic) bond motifs is 2. The van der Waals surface area contributed by atoms with Gasteiger partial charge in [0.15, 0.2) is 17.7 Å². The SMILES string of the molecule is COc1cc2c(Cl)c(C#N)cnc2cc1OC[C@H]1O[C@@H](n2ccc3c(N)ncnc32)[C@H](O)[C@@H]1O. The Morgan fingerprint density at radius 3 is 2.79 bits per heavy atom. The quantitative estimate of drug-likeness (QED) is 0.382. The predicted octanol–water partition coefficient (Wildman–Crippen LogP) is 1.79. The number of anilines is 1. The first-order chi connectivity index (χ1) is 16.4. The van der Waals surface area contributed by atoms with E-state index in [0.29, 0.717) is 39.3 Å². The summed E-state index contributed by atoms with van der Waals surface area (Å²) in [7, 11) is 1.47. The lowest BCUT2D eigenvalue weighted by Crippen LogP contribution is -2.34. The monoisotopic (exact) mass is 482 g/mol. The lowest BCUT2D eigenvalue weighted by atomic mass is 10.1. The van der Waals surface area contributed by atoms with E-state index in [0.717, 1.165) is 0 Å². The minimum Gasteiger partial charge on any atom is -0.493 e. The number of halogens is 1. The third kappa shape index (κ3) is 3.53. The van der Waals surface area contributed by atoms with Crippen molar-refractivity contribution >= 4 is 39.4 Å². The molecule has 0 unspecified atom stereocenters. The van der Waals surface area contributed by atoms with Crippen molar-refractivity contribution in [1.82, 2.24) is 19.5 Å². The molecule has 0 radical (unpaired) electrons. The number of methoxy groups -OCH3 is 1. The number of hydrogen-bond donors (Lipinski definition) is 3. The molecule has 1 aliphatic heterocycles. The topological polar surface area (TPSA) is 162 Å². The van der Waals surface area contributed by atoms with Crippen LogP contribution in [0.1, 0.15) is 11.8 Å². The van der Waals surface area contributed by atoms with Crippen molar-refractivity contribution in [3.8, 4) is 17.6 Å². The van der Waals surface area contributed by atoms with Gasteiger partial charge in [0.2, 0.25) is 0 Å². The lowest BCUT2D eigenvalue weighted by molar-refractivity contribution is -0.0473. The van der Waals surface area contributed by atoms with Crippen molar-refractivity contribution in [2.75, 3.05) is 19.5 Å². The van der Waals surface area contributed by atoms with E-state index in [1.165, 1.54) is 19.6 Å². The zero-order chi connectivity index (χ0) is 24.0. The fourth-order valence-corrected chi connectivity index (χ4v) is 4.22. The van der Waals surface area contributed by atoms with Crippen molar-refractivity contribution in [1.29, 1.82) is 5.26 Å². The number of nitrogen functional groups attached to an aromatic ring is 1. The van der Waals surface area contributed by atoms with Crippen molar-refractivity contribution in [3.05, 3.63) is 47.5 Å². The van der Waals surface area contributed by atoms with E-state index in [4.69, 9.17) is 36.8 Å². The largest absolute Gasteiger partial charge is 0.493 e. The molecule has 4 N–H and O–H groups in total. The molecular weight excluding hydrogens is 464 g/mol. The summed E-state index contributed by atoms with van der Waals surface area (Å²) in [6.45, 7) is -0.0864. The van der Waals surface area contributed by atoms with E-state index >= 15 is 0 Å². The molecule has 3 aromatic heterocycles. The van der Waals surface area contributed by atoms with Crippen LogP contribution >= 0.6 is 11.6 Å². The number of ether oxygens (including phenoxy) is 3. The van der Waals surface area contributed by atoms with Gasteiger partial charge in [0.05, 0.1) is 28.6 Å². The van der Waals surface area contributed by atoms with Crippen molar-refractivity contribution in [3.63, 3.8) is 0 Å². The van der Waals surface area contributed by atoms with Gasteiger partial charge in [0, 0.05) is 23.8 Å². The van der Waals surface area contributed by atoms with Gasteiger partial charge in [0.25, 0.3) is 0 Å². The maximum Gasteiger partial charge on any atom is 0.164 e. The van der Waals surface area contributed by atoms with Crippen LogP contribution in [0, 0.1) is 11.3 Å². The Kier molecular flexibility index (Phi) is 5.59. The molecule has 34 heavy (non-hydrogen) atoms. The Hall–Kier alpha value is -3.69. The predicted molar refractivity (Wildman–Crippen MR) is 121 cm³/mol. The molecule has 0 saturated carbocycles. The second-order valence-electron chi connectivity index (χ2n) is 7.69. The highest BCUT2D eigenvalue weighted by Crippen LogP contribution is 2.37. The summed E-state index contributed by atoms with van der Waals surface area (Å²) in [5.74, 6) is 0.999. The van der Waals surface area contributed by atoms with Gasteiger partial charge in [-0.1, -0.05) is 11.6 Å². The van der Waals surface area contributed by atoms with Crippen molar-refractivity contribution < 1.29 is 24.4 Å². The van der Waals surface area contributed by atoms with Crippen LogP contribution in [-0.2, 0) is 4.74 Å². The summed E-state index contributed by atoms with van der Waals surface area (Å²) in [5, 5.41) is 31.8. The number of aromatic nitrogens is 4. The van der Waals surface area contributed by atoms with E-state index in [2.05, 4.69) is 15.0 Å². The first-order valence-corrected chi connectivity index (χ1v) is 10.6. The molecule has 0 aliphatic carbocycles. The number of aliphatic hydroxyl groups is 2. The normalized spacial score (nSPS) is 22.2. The van der Waals surface area contributed by atoms with E-state index in [1.54, 1.807) is 29.0 Å². The zero-order valence-corrected chi connectivity index (χ0v) is 18.5. The maximum atomic E-state index is 10.6. The minimum atomic E-state index is -1.23. The number of benzene rings is 1. The maximum absolute atomic E-state index is 10.6. The Morgan fingerprint density at radius 1 is 1.21 bits per heavy atom. The molecular formula is C22H19ClN6O5. The van der Waals surface area contributed by atoms with Crippen molar-refractivity contribution in [2.45, 2.75) is 24.5 Å². The average Bonchev–Trinajstić information content (AvgIpc) is 3.39. The molecule has 1 fully saturated rings. The van der Waals surface area contributed by atoms with Crippen LogP contribution < -0.4 is 15.2 Å². The first-order valence-electron chi connectivity index (χ1n) is 10.2. The standard InChI is InChI=1S/C22H19ClN6O5/c1-32-14-4-12-13(26-7-10(6-24)17(12)23)5-15(14)33-8-16-18(30)19(31)22(34-16)29-3-2-11-20(25)27-9-28-21(11)29/h2-5,7,9,16,18-19,22,30-31H,8H2,1H3,(H2,25,27,28)/t16-,18-,19-,22-/m1/s1. The molecule has 1 saturated heterocycles. The average molecular weight is 483 g/mol. The van der Waals surface area contributed by atoms with Crippen LogP contribution in [0.2, 0.25) is 5.02 Å². The highest BCUT2D eigenvalue weighted by atomic mass is 35.5. The van der Waals surface area contributed by atoms with E-state index in [1.807, 2.05) is 6.07 Å². The van der Waals surface area contributed by atoms with E-state index in [-0.39, 0.29) is 17.2 Å². The molecule has 12 heteroatoms. The number of nitrogens with two attached hydrogens (primary N) is 1. The smallest absolute Gasteiger partial charge is 0.164 e. The number of pyridine rings is 1. The van der Waals surface area contributed by atoms with Gasteiger partial charge in [-0.3, -0.25) is 4.98 Å². The zero-order valence-electron chi connectivity index (χ0n) is 17.8. The van der Waals surface area contributed by atoms with Gasteiger partial charge in [-0.05, 0) is 12.1 Å². The van der Waals surface area contributed by atoms with Crippen molar-refractivity contribution in [2.24, 2.45) is 0 Å². The third-order valence-corrected chi connectivity index (χ3v) is 6.17. The molecule has 174 valence electrons. The lowest BCUT2D eigenvalue weighted by Gasteiger charge is -2.18. The molecule has 5 rings (SSSR count). The molecule has 0 spiro atoms. The molecule has 0 bridgehead atoms. The Bertz CT molecular complexity index is 1440. The summed E-state index contributed by atoms with van der Waals surface area (Å²) in [6, 6.07) is 6.95. The minimum absolute atomic E-state index is 0.0864. The van der Waals surface area contributed by atoms with Gasteiger partial charge >= 0.3 is 0 Å². The second kappa shape index (κ2) is 8.58. The van der Waals surface area contributed by atoms with E-state index < -0.39 is 24.5 Å². The molecule has 11 nitrogen and oxygen atoms in total. The van der Waals surface area contributed by atoms with Crippen LogP contribution in [0.5, 0.6) is 11.5 Å². The number of nitriles is 1. The summed E-state index contributed by atoms with van der Waals surface area (Å²) in [5.41, 5.74) is 7.11. The van der Waals surface area contributed by atoms with Crippen LogP contribution in [0.25, 0.3) is 21.9 Å². The van der Waals surface area contributed by atoms with Gasteiger partial charge < -0.3 is 34.7 Å². The van der Waals surface area contributed by atoms with Gasteiger partial charge in [-0.25, -0.2) is 9.97 Å². The van der Waals surface area contributed by atoms with Crippen LogP contribution in [-0.4, -0.2) is 61.8 Å². The van der Waals surface area contributed by atoms with Crippen LogP contribution in [0.15, 0.2) is 36.9 Å². The highest BCUT2D eigenvalue weighted by Gasteiger charge is 2.44. The Morgan fingerprint density at radius 2 is 2.03 bits per heavy atom. The molecule has 4 atom stereocenters. The molecule has 1 aliphatic rings. The summed E-state index contributed by atoms with van der Waals surface area (Å²) in [6.07, 6.45) is 0.148. The van der Waals surface area contributed by atoms with Gasteiger partial charge in [0.1, 0.15) is 48.8 Å². The number of rotatable bonds is 5. The molecule has 1 aromatic carbocycles. The highest BCUT2D eigenvalue weighted by molar-refractivity contribution is 6.36. The number of aliphatic hydroxyl groups excluding tert-OH is 2.